The van der Waals surface area contributed by atoms with E-state index < -0.39 is 12.2 Å². The van der Waals surface area contributed by atoms with E-state index >= 15 is 0 Å². The van der Waals surface area contributed by atoms with Gasteiger partial charge < -0.3 is 10.2 Å². The van der Waals surface area contributed by atoms with Crippen molar-refractivity contribution < 1.29 is 10.2 Å². The highest BCUT2D eigenvalue weighted by molar-refractivity contribution is 5.11. The van der Waals surface area contributed by atoms with Gasteiger partial charge in [-0.3, -0.25) is 0 Å². The van der Waals surface area contributed by atoms with Gasteiger partial charge in [-0.05, 0) is 37.5 Å². The zero-order valence-electron chi connectivity index (χ0n) is 13.9. The molecule has 4 unspecified atom stereocenters. The molecule has 0 aromatic carbocycles. The molecular formula is C18H34O2. The van der Waals surface area contributed by atoms with Crippen LogP contribution in [0.3, 0.4) is 0 Å². The van der Waals surface area contributed by atoms with E-state index in [1.165, 1.54) is 0 Å². The predicted octanol–water partition coefficient (Wildman–Crippen LogP) is 4.14. The van der Waals surface area contributed by atoms with Gasteiger partial charge in [0.15, 0.2) is 0 Å². The number of rotatable bonds is 10. The lowest BCUT2D eigenvalue weighted by Crippen LogP contribution is -2.21. The molecule has 0 saturated heterocycles. The monoisotopic (exact) mass is 282 g/mol. The van der Waals surface area contributed by atoms with E-state index in [-0.39, 0.29) is 11.8 Å². The van der Waals surface area contributed by atoms with Crippen LogP contribution in [-0.4, -0.2) is 22.4 Å². The molecule has 0 aliphatic carbocycles. The Bertz CT molecular complexity index is 251. The molecule has 20 heavy (non-hydrogen) atoms. The largest absolute Gasteiger partial charge is 0.380 e. The zero-order chi connectivity index (χ0) is 15.4. The molecule has 0 heterocycles. The van der Waals surface area contributed by atoms with E-state index in [9.17, 15) is 10.2 Å². The molecule has 0 saturated carbocycles. The molecule has 4 atom stereocenters. The van der Waals surface area contributed by atoms with E-state index in [4.69, 9.17) is 0 Å². The van der Waals surface area contributed by atoms with Gasteiger partial charge in [-0.15, -0.1) is 0 Å². The molecule has 0 rings (SSSR count). The third-order valence-electron chi connectivity index (χ3n) is 4.18. The first-order chi connectivity index (χ1) is 9.60. The molecule has 118 valence electrons. The van der Waals surface area contributed by atoms with Crippen molar-refractivity contribution in [2.24, 2.45) is 11.8 Å². The summed E-state index contributed by atoms with van der Waals surface area (Å²) in [4.78, 5) is 0. The maximum atomic E-state index is 10.1. The van der Waals surface area contributed by atoms with Gasteiger partial charge in [0, 0.05) is 0 Å². The Morgan fingerprint density at radius 3 is 1.30 bits per heavy atom. The number of unbranched alkanes of at least 4 members (excludes halogenated alkanes) is 2. The van der Waals surface area contributed by atoms with E-state index in [0.29, 0.717) is 0 Å². The van der Waals surface area contributed by atoms with Crippen LogP contribution in [-0.2, 0) is 0 Å². The van der Waals surface area contributed by atoms with Gasteiger partial charge in [0.2, 0.25) is 0 Å². The highest BCUT2D eigenvalue weighted by atomic mass is 16.3. The van der Waals surface area contributed by atoms with Crippen LogP contribution in [0.5, 0.6) is 0 Å². The fourth-order valence-electron chi connectivity index (χ4n) is 2.51. The molecule has 0 aliphatic heterocycles. The number of hydrogen-bond donors (Lipinski definition) is 2. The summed E-state index contributed by atoms with van der Waals surface area (Å²) in [7, 11) is 0. The second kappa shape index (κ2) is 12.2. The lowest BCUT2D eigenvalue weighted by atomic mass is 9.91. The molecule has 0 aromatic rings. The van der Waals surface area contributed by atoms with Gasteiger partial charge in [0.05, 0.1) is 0 Å². The summed E-state index contributed by atoms with van der Waals surface area (Å²) in [6.07, 6.45) is 7.30. The molecule has 0 radical (unpaired) electrons. The molecule has 2 nitrogen and oxygen atoms in total. The van der Waals surface area contributed by atoms with Gasteiger partial charge in [-0.1, -0.05) is 65.2 Å². The van der Waals surface area contributed by atoms with Crippen LogP contribution in [0.4, 0.5) is 0 Å². The summed E-state index contributed by atoms with van der Waals surface area (Å²) in [5.74, 6) is 6.26. The van der Waals surface area contributed by atoms with E-state index in [0.717, 1.165) is 51.4 Å². The van der Waals surface area contributed by atoms with Crippen LogP contribution >= 0.6 is 0 Å². The Morgan fingerprint density at radius 2 is 1.05 bits per heavy atom. The lowest BCUT2D eigenvalue weighted by molar-refractivity contribution is 0.140. The van der Waals surface area contributed by atoms with Gasteiger partial charge in [0.1, 0.15) is 12.2 Å². The number of hydrogen-bond acceptors (Lipinski definition) is 2. The molecule has 0 aromatic heterocycles. The molecule has 0 spiro atoms. The summed E-state index contributed by atoms with van der Waals surface area (Å²) < 4.78 is 0. The highest BCUT2D eigenvalue weighted by Crippen LogP contribution is 2.18. The summed E-state index contributed by atoms with van der Waals surface area (Å²) in [6.45, 7) is 8.51. The van der Waals surface area contributed by atoms with E-state index in [1.54, 1.807) is 0 Å². The highest BCUT2D eigenvalue weighted by Gasteiger charge is 2.17. The smallest absolute Gasteiger partial charge is 0.117 e. The summed E-state index contributed by atoms with van der Waals surface area (Å²) in [5, 5.41) is 20.3. The molecule has 0 aliphatic rings. The van der Waals surface area contributed by atoms with Gasteiger partial charge in [-0.2, -0.15) is 0 Å². The number of aliphatic hydroxyl groups is 2. The van der Waals surface area contributed by atoms with Crippen molar-refractivity contribution in [1.82, 2.24) is 0 Å². The molecule has 2 N–H and O–H groups in total. The minimum atomic E-state index is -0.593. The van der Waals surface area contributed by atoms with E-state index in [1.807, 2.05) is 0 Å². The van der Waals surface area contributed by atoms with E-state index in [2.05, 4.69) is 39.5 Å². The second-order valence-electron chi connectivity index (χ2n) is 5.80. The lowest BCUT2D eigenvalue weighted by Gasteiger charge is -2.19. The Kier molecular flexibility index (Phi) is 11.9. The van der Waals surface area contributed by atoms with Crippen molar-refractivity contribution in [1.29, 1.82) is 0 Å². The average molecular weight is 282 g/mol. The van der Waals surface area contributed by atoms with Crippen LogP contribution in [0.15, 0.2) is 0 Å². The summed E-state index contributed by atoms with van der Waals surface area (Å²) >= 11 is 0. The maximum absolute atomic E-state index is 10.1. The second-order valence-corrected chi connectivity index (χ2v) is 5.80. The summed E-state index contributed by atoms with van der Waals surface area (Å²) in [5.41, 5.74) is 0. The minimum Gasteiger partial charge on any atom is -0.380 e. The first kappa shape index (κ1) is 19.5. The Balaban J connectivity index is 4.43. The quantitative estimate of drug-likeness (QED) is 0.591. The predicted molar refractivity (Wildman–Crippen MR) is 86.4 cm³/mol. The Hall–Kier alpha value is -0.520. The molecular weight excluding hydrogens is 248 g/mol. The first-order valence-corrected chi connectivity index (χ1v) is 8.47. The van der Waals surface area contributed by atoms with Gasteiger partial charge in [-0.25, -0.2) is 0 Å². The van der Waals surface area contributed by atoms with Crippen molar-refractivity contribution in [3.8, 4) is 11.8 Å². The minimum absolute atomic E-state index is 0.241. The first-order valence-electron chi connectivity index (χ1n) is 8.47. The molecule has 0 fully saturated rings. The molecule has 2 heteroatoms. The average Bonchev–Trinajstić information content (AvgIpc) is 2.46. The Labute approximate surface area is 126 Å². The standard InChI is InChI=1S/C18H34O2/c1-5-9-11-15(7-3)17(19)13-14-18(20)16(8-4)12-10-6-2/h15-20H,5-12H2,1-4H3. The zero-order valence-corrected chi connectivity index (χ0v) is 13.9. The van der Waals surface area contributed by atoms with Crippen LogP contribution < -0.4 is 0 Å². The van der Waals surface area contributed by atoms with Crippen LogP contribution in [0.1, 0.15) is 79.1 Å². The SMILES string of the molecule is CCCCC(CC)C(O)C#CC(O)C(CC)CCCC. The normalized spacial score (nSPS) is 16.9. The van der Waals surface area contributed by atoms with Crippen molar-refractivity contribution in [2.75, 3.05) is 0 Å². The third kappa shape index (κ3) is 7.92. The number of aliphatic hydroxyl groups excluding tert-OH is 2. The maximum Gasteiger partial charge on any atom is 0.117 e. The molecule has 0 bridgehead atoms. The van der Waals surface area contributed by atoms with Crippen LogP contribution in [0.2, 0.25) is 0 Å². The topological polar surface area (TPSA) is 40.5 Å². The van der Waals surface area contributed by atoms with Gasteiger partial charge in [0.25, 0.3) is 0 Å². The van der Waals surface area contributed by atoms with Crippen molar-refractivity contribution in [3.05, 3.63) is 0 Å². The Morgan fingerprint density at radius 1 is 0.700 bits per heavy atom. The fraction of sp³-hybridized carbons (Fsp3) is 0.889. The molecule has 0 amide bonds. The summed E-state index contributed by atoms with van der Waals surface area (Å²) in [6, 6.07) is 0. The van der Waals surface area contributed by atoms with Crippen molar-refractivity contribution in [2.45, 2.75) is 91.3 Å². The van der Waals surface area contributed by atoms with Gasteiger partial charge >= 0.3 is 0 Å². The fourth-order valence-corrected chi connectivity index (χ4v) is 2.51. The van der Waals surface area contributed by atoms with Crippen LogP contribution in [0, 0.1) is 23.7 Å². The van der Waals surface area contributed by atoms with Crippen molar-refractivity contribution in [3.63, 3.8) is 0 Å². The third-order valence-corrected chi connectivity index (χ3v) is 4.18. The van der Waals surface area contributed by atoms with Crippen molar-refractivity contribution >= 4 is 0 Å². The van der Waals surface area contributed by atoms with Crippen LogP contribution in [0.25, 0.3) is 0 Å².